The van der Waals surface area contributed by atoms with E-state index in [-0.39, 0.29) is 18.3 Å². The highest BCUT2D eigenvalue weighted by atomic mass is 35.5. The molecule has 2 aliphatic carbocycles. The van der Waals surface area contributed by atoms with Gasteiger partial charge in [-0.05, 0) is 55.8 Å². The highest BCUT2D eigenvalue weighted by Crippen LogP contribution is 2.32. The summed E-state index contributed by atoms with van der Waals surface area (Å²) in [6.07, 6.45) is 8.15. The van der Waals surface area contributed by atoms with Crippen LogP contribution in [0.3, 0.4) is 0 Å². The van der Waals surface area contributed by atoms with Gasteiger partial charge < -0.3 is 10.6 Å². The number of carbonyl (C=O) groups excluding carboxylic acids is 1. The molecular formula is C18H27ClN2OS. The molecule has 0 aliphatic heterocycles. The van der Waals surface area contributed by atoms with Crippen LogP contribution >= 0.6 is 24.2 Å². The Hall–Kier alpha value is -0.710. The van der Waals surface area contributed by atoms with Crippen molar-refractivity contribution in [2.24, 2.45) is 5.92 Å². The number of amides is 1. The fraction of sp³-hybridized carbons (Fsp3) is 0.611. The molecule has 3 nitrogen and oxygen atoms in total. The van der Waals surface area contributed by atoms with Gasteiger partial charge in [0.05, 0.1) is 6.54 Å². The summed E-state index contributed by atoms with van der Waals surface area (Å²) in [6, 6.07) is 8.28. The molecule has 23 heavy (non-hydrogen) atoms. The molecule has 2 saturated carbocycles. The fourth-order valence-corrected chi connectivity index (χ4v) is 4.20. The second-order valence-corrected chi connectivity index (χ2v) is 7.83. The molecule has 0 spiro atoms. The molecule has 2 fully saturated rings. The maximum atomic E-state index is 11.9. The first-order chi connectivity index (χ1) is 10.8. The van der Waals surface area contributed by atoms with Crippen molar-refractivity contribution in [3.8, 4) is 0 Å². The third kappa shape index (κ3) is 6.74. The summed E-state index contributed by atoms with van der Waals surface area (Å²) in [4.78, 5) is 11.9. The Morgan fingerprint density at radius 2 is 1.96 bits per heavy atom. The van der Waals surface area contributed by atoms with E-state index in [1.807, 2.05) is 12.1 Å². The van der Waals surface area contributed by atoms with Crippen molar-refractivity contribution < 1.29 is 4.79 Å². The van der Waals surface area contributed by atoms with Gasteiger partial charge in [0.15, 0.2) is 0 Å². The summed E-state index contributed by atoms with van der Waals surface area (Å²) in [6.45, 7) is 1.39. The Morgan fingerprint density at radius 1 is 1.17 bits per heavy atom. The molecule has 128 valence electrons. The van der Waals surface area contributed by atoms with Crippen molar-refractivity contribution in [2.75, 3.05) is 18.4 Å². The molecule has 0 radical (unpaired) electrons. The van der Waals surface area contributed by atoms with E-state index in [1.54, 1.807) is 0 Å². The number of rotatable bonds is 8. The lowest BCUT2D eigenvalue weighted by molar-refractivity contribution is -0.115. The van der Waals surface area contributed by atoms with Gasteiger partial charge in [0.1, 0.15) is 0 Å². The normalized spacial score (nSPS) is 17.7. The highest BCUT2D eigenvalue weighted by molar-refractivity contribution is 7.99. The zero-order valence-corrected chi connectivity index (χ0v) is 15.2. The number of anilines is 1. The molecule has 0 aromatic heterocycles. The number of hydrogen-bond acceptors (Lipinski definition) is 3. The Kier molecular flexibility index (Phi) is 7.74. The second kappa shape index (κ2) is 9.55. The summed E-state index contributed by atoms with van der Waals surface area (Å²) in [5, 5.41) is 7.06. The molecule has 1 amide bonds. The molecule has 0 bridgehead atoms. The van der Waals surface area contributed by atoms with Crippen LogP contribution in [0, 0.1) is 5.92 Å². The molecule has 0 unspecified atom stereocenters. The molecule has 0 atom stereocenters. The minimum atomic E-state index is 0. The third-order valence-corrected chi connectivity index (χ3v) is 5.86. The lowest BCUT2D eigenvalue weighted by Crippen LogP contribution is -2.29. The van der Waals surface area contributed by atoms with Gasteiger partial charge in [0.25, 0.3) is 0 Å². The van der Waals surface area contributed by atoms with Crippen LogP contribution in [-0.2, 0) is 10.5 Å². The van der Waals surface area contributed by atoms with Gasteiger partial charge in [-0.25, -0.2) is 0 Å². The van der Waals surface area contributed by atoms with Crippen molar-refractivity contribution in [1.82, 2.24) is 5.32 Å². The molecule has 1 aromatic carbocycles. The van der Waals surface area contributed by atoms with Crippen molar-refractivity contribution in [3.05, 3.63) is 29.8 Å². The summed E-state index contributed by atoms with van der Waals surface area (Å²) in [7, 11) is 0. The standard InChI is InChI=1S/C18H26N2OS.ClH/c21-18(12-19-11-14-8-9-14)20-16-5-3-4-15(10-16)13-22-17-6-1-2-7-17;/h3-5,10,14,17,19H,1-2,6-9,11-13H2,(H,20,21);1H. The van der Waals surface area contributed by atoms with Gasteiger partial charge in [-0.15, -0.1) is 12.4 Å². The van der Waals surface area contributed by atoms with Crippen LogP contribution < -0.4 is 10.6 Å². The van der Waals surface area contributed by atoms with Gasteiger partial charge in [0, 0.05) is 16.7 Å². The summed E-state index contributed by atoms with van der Waals surface area (Å²) in [5.74, 6) is 1.92. The van der Waals surface area contributed by atoms with Gasteiger partial charge in [-0.1, -0.05) is 25.0 Å². The molecular weight excluding hydrogens is 328 g/mol. The van der Waals surface area contributed by atoms with Gasteiger partial charge in [-0.2, -0.15) is 11.8 Å². The fourth-order valence-electron chi connectivity index (χ4n) is 2.92. The average Bonchev–Trinajstić information content (AvgIpc) is 3.18. The quantitative estimate of drug-likeness (QED) is 0.734. The molecule has 0 heterocycles. The predicted octanol–water partition coefficient (Wildman–Crippen LogP) is 4.22. The Balaban J connectivity index is 0.00000192. The zero-order valence-electron chi connectivity index (χ0n) is 13.6. The SMILES string of the molecule is Cl.O=C(CNCC1CC1)Nc1cccc(CSC2CCCC2)c1. The van der Waals surface area contributed by atoms with Crippen LogP contribution in [0.2, 0.25) is 0 Å². The maximum Gasteiger partial charge on any atom is 0.238 e. The van der Waals surface area contributed by atoms with E-state index in [4.69, 9.17) is 0 Å². The molecule has 2 N–H and O–H groups in total. The van der Waals surface area contributed by atoms with Crippen LogP contribution in [0.15, 0.2) is 24.3 Å². The summed E-state index contributed by atoms with van der Waals surface area (Å²) >= 11 is 2.06. The van der Waals surface area contributed by atoms with Crippen LogP contribution in [0.5, 0.6) is 0 Å². The Labute approximate surface area is 149 Å². The highest BCUT2D eigenvalue weighted by Gasteiger charge is 2.20. The molecule has 1 aromatic rings. The molecule has 2 aliphatic rings. The van der Waals surface area contributed by atoms with Crippen LogP contribution in [0.25, 0.3) is 0 Å². The van der Waals surface area contributed by atoms with Crippen LogP contribution in [0.4, 0.5) is 5.69 Å². The first-order valence-electron chi connectivity index (χ1n) is 8.51. The molecule has 5 heteroatoms. The molecule has 3 rings (SSSR count). The van der Waals surface area contributed by atoms with E-state index in [9.17, 15) is 4.79 Å². The maximum absolute atomic E-state index is 11.9. The second-order valence-electron chi connectivity index (χ2n) is 6.54. The topological polar surface area (TPSA) is 41.1 Å². The van der Waals surface area contributed by atoms with Crippen molar-refractivity contribution >= 4 is 35.8 Å². The van der Waals surface area contributed by atoms with E-state index in [0.29, 0.717) is 6.54 Å². The number of halogens is 1. The Morgan fingerprint density at radius 3 is 2.70 bits per heavy atom. The van der Waals surface area contributed by atoms with Gasteiger partial charge >= 0.3 is 0 Å². The van der Waals surface area contributed by atoms with E-state index in [1.165, 1.54) is 44.1 Å². The number of benzene rings is 1. The van der Waals surface area contributed by atoms with Crippen molar-refractivity contribution in [1.29, 1.82) is 0 Å². The number of nitrogens with one attached hydrogen (secondary N) is 2. The lowest BCUT2D eigenvalue weighted by atomic mass is 10.2. The van der Waals surface area contributed by atoms with Crippen LogP contribution in [0.1, 0.15) is 44.1 Å². The first kappa shape index (κ1) is 18.6. The number of hydrogen-bond donors (Lipinski definition) is 2. The Bertz CT molecular complexity index is 502. The largest absolute Gasteiger partial charge is 0.325 e. The lowest BCUT2D eigenvalue weighted by Gasteiger charge is -2.10. The monoisotopic (exact) mass is 354 g/mol. The van der Waals surface area contributed by atoms with Crippen molar-refractivity contribution in [2.45, 2.75) is 49.5 Å². The average molecular weight is 355 g/mol. The van der Waals surface area contributed by atoms with E-state index >= 15 is 0 Å². The summed E-state index contributed by atoms with van der Waals surface area (Å²) in [5.41, 5.74) is 2.23. The predicted molar refractivity (Wildman–Crippen MR) is 101 cm³/mol. The third-order valence-electron chi connectivity index (χ3n) is 4.41. The van der Waals surface area contributed by atoms with E-state index < -0.39 is 0 Å². The van der Waals surface area contributed by atoms with Gasteiger partial charge in [-0.3, -0.25) is 4.79 Å². The minimum Gasteiger partial charge on any atom is -0.325 e. The number of thioether (sulfide) groups is 1. The van der Waals surface area contributed by atoms with Crippen molar-refractivity contribution in [3.63, 3.8) is 0 Å². The van der Waals surface area contributed by atoms with E-state index in [0.717, 1.165) is 29.2 Å². The number of carbonyl (C=O) groups is 1. The van der Waals surface area contributed by atoms with Crippen LogP contribution in [-0.4, -0.2) is 24.2 Å². The van der Waals surface area contributed by atoms with E-state index in [2.05, 4.69) is 34.5 Å². The zero-order chi connectivity index (χ0) is 15.2. The minimum absolute atomic E-state index is 0. The smallest absolute Gasteiger partial charge is 0.238 e. The van der Waals surface area contributed by atoms with Gasteiger partial charge in [0.2, 0.25) is 5.91 Å². The first-order valence-corrected chi connectivity index (χ1v) is 9.55. The summed E-state index contributed by atoms with van der Waals surface area (Å²) < 4.78 is 0. The molecule has 0 saturated heterocycles.